The van der Waals surface area contributed by atoms with Crippen molar-refractivity contribution in [2.75, 3.05) is 6.01 Å². The number of nitrogens with zero attached hydrogens (tertiary/aromatic N) is 1. The Morgan fingerprint density at radius 3 is 2.27 bits per heavy atom. The first kappa shape index (κ1) is 10.0. The van der Waals surface area contributed by atoms with Crippen LogP contribution in [-0.4, -0.2) is 28.9 Å². The highest BCUT2D eigenvalue weighted by atomic mass is 32.2. The maximum Gasteiger partial charge on any atom is 0.294 e. The largest absolute Gasteiger partial charge is 0.351 e. The van der Waals surface area contributed by atoms with Crippen LogP contribution in [0.3, 0.4) is 0 Å². The zero-order chi connectivity index (χ0) is 8.74. The first-order valence-corrected chi connectivity index (χ1v) is 4.11. The van der Waals surface area contributed by atoms with Crippen molar-refractivity contribution in [1.29, 1.82) is 0 Å². The van der Waals surface area contributed by atoms with Crippen LogP contribution in [0.4, 0.5) is 4.39 Å². The van der Waals surface area contributed by atoms with Crippen LogP contribution in [0.25, 0.3) is 0 Å². The van der Waals surface area contributed by atoms with E-state index in [1.165, 1.54) is 0 Å². The molecular weight excluding hydrogens is 175 g/mol. The minimum Gasteiger partial charge on any atom is -0.351 e. The van der Waals surface area contributed by atoms with Gasteiger partial charge < -0.3 is 4.98 Å². The molecule has 64 valence electrons. The van der Waals surface area contributed by atoms with Crippen LogP contribution in [0.1, 0.15) is 0 Å². The zero-order valence-electron chi connectivity index (χ0n) is 5.44. The van der Waals surface area contributed by atoms with Gasteiger partial charge in [-0.25, -0.2) is 9.37 Å². The van der Waals surface area contributed by atoms with E-state index in [2.05, 4.69) is 9.97 Å². The molecule has 0 radical (unpaired) electrons. The highest BCUT2D eigenvalue weighted by Crippen LogP contribution is 1.77. The zero-order valence-corrected chi connectivity index (χ0v) is 6.25. The molecule has 0 atom stereocenters. The molecule has 1 aromatic heterocycles. The smallest absolute Gasteiger partial charge is 0.294 e. The quantitative estimate of drug-likeness (QED) is 0.608. The van der Waals surface area contributed by atoms with Gasteiger partial charge in [-0.3, -0.25) is 4.55 Å². The van der Waals surface area contributed by atoms with Crippen molar-refractivity contribution in [3.05, 3.63) is 18.7 Å². The maximum atomic E-state index is 10.7. The summed E-state index contributed by atoms with van der Waals surface area (Å²) in [7, 11) is -4.33. The van der Waals surface area contributed by atoms with E-state index in [1.54, 1.807) is 18.7 Å². The fourth-order valence-corrected chi connectivity index (χ4v) is 0.215. The van der Waals surface area contributed by atoms with Crippen molar-refractivity contribution in [2.24, 2.45) is 0 Å². The molecule has 2 N–H and O–H groups in total. The number of H-pyrrole nitrogens is 1. The minimum absolute atomic E-state index is 1.62. The summed E-state index contributed by atoms with van der Waals surface area (Å²) in [6.45, 7) is 0. The molecule has 0 aromatic carbocycles. The molecule has 5 nitrogen and oxygen atoms in total. The van der Waals surface area contributed by atoms with Gasteiger partial charge in [0, 0.05) is 12.4 Å². The van der Waals surface area contributed by atoms with Gasteiger partial charge in [0.05, 0.1) is 6.33 Å². The van der Waals surface area contributed by atoms with E-state index in [1.807, 2.05) is 0 Å². The van der Waals surface area contributed by atoms with Crippen LogP contribution < -0.4 is 0 Å². The lowest BCUT2D eigenvalue weighted by atomic mass is 11.0. The molecule has 1 heterocycles. The first-order chi connectivity index (χ1) is 5.06. The first-order valence-electron chi connectivity index (χ1n) is 2.50. The summed E-state index contributed by atoms with van der Waals surface area (Å²) in [5, 5.41) is 0. The number of imidazole rings is 1. The topological polar surface area (TPSA) is 83.0 Å². The lowest BCUT2D eigenvalue weighted by molar-refractivity contribution is 0.447. The Kier molecular flexibility index (Phi) is 4.39. The van der Waals surface area contributed by atoms with E-state index in [0.717, 1.165) is 0 Å². The van der Waals surface area contributed by atoms with Gasteiger partial charge in [0.15, 0.2) is 0 Å². The molecular formula is C4H7FN2O3S. The molecule has 0 aliphatic heterocycles. The minimum atomic E-state index is -4.33. The summed E-state index contributed by atoms with van der Waals surface area (Å²) in [4.78, 5) is 6.42. The third kappa shape index (κ3) is 9.05. The predicted molar refractivity (Wildman–Crippen MR) is 36.1 cm³/mol. The number of halogens is 1. The monoisotopic (exact) mass is 182 g/mol. The molecule has 0 amide bonds. The molecule has 7 heteroatoms. The molecule has 0 aliphatic carbocycles. The van der Waals surface area contributed by atoms with Crippen molar-refractivity contribution >= 4 is 10.1 Å². The Balaban J connectivity index is 0.000000183. The van der Waals surface area contributed by atoms with Crippen molar-refractivity contribution in [3.8, 4) is 0 Å². The second kappa shape index (κ2) is 4.80. The normalized spacial score (nSPS) is 10.0. The average molecular weight is 182 g/mol. The second-order valence-electron chi connectivity index (χ2n) is 1.45. The Labute approximate surface area is 63.0 Å². The Hall–Kier alpha value is -0.950. The molecule has 11 heavy (non-hydrogen) atoms. The molecule has 1 aromatic rings. The number of aromatic nitrogens is 2. The van der Waals surface area contributed by atoms with Crippen molar-refractivity contribution in [1.82, 2.24) is 9.97 Å². The number of aromatic amines is 1. The number of rotatable bonds is 1. The highest BCUT2D eigenvalue weighted by Gasteiger charge is 1.97. The van der Waals surface area contributed by atoms with Gasteiger partial charge in [-0.2, -0.15) is 8.42 Å². The van der Waals surface area contributed by atoms with Gasteiger partial charge in [-0.1, -0.05) is 0 Å². The van der Waals surface area contributed by atoms with Crippen molar-refractivity contribution in [3.63, 3.8) is 0 Å². The van der Waals surface area contributed by atoms with Gasteiger partial charge in [0.25, 0.3) is 10.1 Å². The van der Waals surface area contributed by atoms with Gasteiger partial charge in [-0.15, -0.1) is 0 Å². The van der Waals surface area contributed by atoms with Crippen LogP contribution in [0.2, 0.25) is 0 Å². The maximum absolute atomic E-state index is 10.7. The van der Waals surface area contributed by atoms with Crippen molar-refractivity contribution < 1.29 is 17.4 Å². The SMILES string of the molecule is O=S(=O)(O)CF.c1c[nH]cn1. The van der Waals surface area contributed by atoms with Gasteiger partial charge in [0.2, 0.25) is 6.01 Å². The van der Waals surface area contributed by atoms with Crippen molar-refractivity contribution in [2.45, 2.75) is 0 Å². The lowest BCUT2D eigenvalue weighted by Gasteiger charge is -1.77. The van der Waals surface area contributed by atoms with E-state index in [9.17, 15) is 12.8 Å². The third-order valence-corrected chi connectivity index (χ3v) is 0.820. The molecule has 0 aliphatic rings. The fraction of sp³-hybridized carbons (Fsp3) is 0.250. The van der Waals surface area contributed by atoms with E-state index in [-0.39, 0.29) is 0 Å². The Bertz CT molecular complexity index is 240. The number of hydrogen-bond acceptors (Lipinski definition) is 3. The van der Waals surface area contributed by atoms with Gasteiger partial charge in [-0.05, 0) is 0 Å². The van der Waals surface area contributed by atoms with E-state index >= 15 is 0 Å². The van der Waals surface area contributed by atoms with Crippen LogP contribution in [-0.2, 0) is 10.1 Å². The fourth-order valence-electron chi connectivity index (χ4n) is 0.215. The van der Waals surface area contributed by atoms with Crippen LogP contribution in [0.5, 0.6) is 0 Å². The van der Waals surface area contributed by atoms with E-state index in [4.69, 9.17) is 4.55 Å². The average Bonchev–Trinajstić information content (AvgIpc) is 2.41. The number of alkyl halides is 1. The summed E-state index contributed by atoms with van der Waals surface area (Å²) in [5.41, 5.74) is 0. The van der Waals surface area contributed by atoms with Crippen LogP contribution >= 0.6 is 0 Å². The summed E-state index contributed by atoms with van der Waals surface area (Å²) in [5.74, 6) is 0. The molecule has 0 saturated carbocycles. The van der Waals surface area contributed by atoms with Gasteiger partial charge >= 0.3 is 0 Å². The standard InChI is InChI=1S/C3H4N2.CH3FO3S/c1-2-5-3-4-1;2-1-6(3,4)5/h1-3H,(H,4,5);1H2,(H,3,4,5). The second-order valence-corrected chi connectivity index (χ2v) is 2.83. The highest BCUT2D eigenvalue weighted by molar-refractivity contribution is 7.85. The molecule has 0 saturated heterocycles. The summed E-state index contributed by atoms with van der Waals surface area (Å²) < 4.78 is 36.4. The summed E-state index contributed by atoms with van der Waals surface area (Å²) in [6, 6.07) is -1.70. The molecule has 0 spiro atoms. The van der Waals surface area contributed by atoms with Crippen LogP contribution in [0, 0.1) is 0 Å². The molecule has 0 bridgehead atoms. The number of nitrogens with one attached hydrogen (secondary N) is 1. The van der Waals surface area contributed by atoms with Gasteiger partial charge in [0.1, 0.15) is 0 Å². The number of hydrogen-bond donors (Lipinski definition) is 2. The Morgan fingerprint density at radius 1 is 1.64 bits per heavy atom. The summed E-state index contributed by atoms with van der Waals surface area (Å²) in [6.07, 6.45) is 5.08. The van der Waals surface area contributed by atoms with E-state index < -0.39 is 16.1 Å². The molecule has 1 rings (SSSR count). The lowest BCUT2D eigenvalue weighted by Crippen LogP contribution is -1.96. The Morgan fingerprint density at radius 2 is 2.18 bits per heavy atom. The molecule has 0 fully saturated rings. The predicted octanol–water partition coefficient (Wildman–Crippen LogP) is 0.211. The van der Waals surface area contributed by atoms with E-state index in [0.29, 0.717) is 0 Å². The summed E-state index contributed by atoms with van der Waals surface area (Å²) >= 11 is 0. The third-order valence-electron chi connectivity index (χ3n) is 0.544. The molecule has 0 unspecified atom stereocenters. The van der Waals surface area contributed by atoms with Crippen LogP contribution in [0.15, 0.2) is 18.7 Å².